The Balaban J connectivity index is 2.71. The summed E-state index contributed by atoms with van der Waals surface area (Å²) in [4.78, 5) is 6.81. The molecule has 1 heterocycles. The van der Waals surface area contributed by atoms with Gasteiger partial charge in [0.2, 0.25) is 0 Å². The standard InChI is InChI=1S/C12H23N3O2S/c1-6-10-13-8-11(15-10)18(16,17)14-7-9(2)12(3,4)5/h8-9,14H,6-7H2,1-5H3,(H,13,15). The molecule has 0 spiro atoms. The topological polar surface area (TPSA) is 74.8 Å². The fraction of sp³-hybridized carbons (Fsp3) is 0.750. The molecule has 0 aliphatic carbocycles. The molecule has 0 amide bonds. The van der Waals surface area contributed by atoms with Crippen molar-refractivity contribution in [3.63, 3.8) is 0 Å². The average Bonchev–Trinajstić information content (AvgIpc) is 2.73. The van der Waals surface area contributed by atoms with Crippen LogP contribution in [-0.4, -0.2) is 24.9 Å². The second-order valence-electron chi connectivity index (χ2n) is 5.67. The normalized spacial score (nSPS) is 14.7. The molecule has 0 aliphatic rings. The molecular formula is C12H23N3O2S. The zero-order valence-corrected chi connectivity index (χ0v) is 12.6. The van der Waals surface area contributed by atoms with Crippen LogP contribution in [0, 0.1) is 11.3 Å². The van der Waals surface area contributed by atoms with Gasteiger partial charge in [0.1, 0.15) is 5.82 Å². The van der Waals surface area contributed by atoms with Crippen LogP contribution in [0.2, 0.25) is 0 Å². The third-order valence-electron chi connectivity index (χ3n) is 3.29. The highest BCUT2D eigenvalue weighted by Gasteiger charge is 2.23. The fourth-order valence-electron chi connectivity index (χ4n) is 1.28. The minimum absolute atomic E-state index is 0.0745. The summed E-state index contributed by atoms with van der Waals surface area (Å²) in [7, 11) is -3.47. The summed E-state index contributed by atoms with van der Waals surface area (Å²) in [5.41, 5.74) is 0.0745. The molecule has 1 aromatic heterocycles. The van der Waals surface area contributed by atoms with E-state index in [4.69, 9.17) is 0 Å². The van der Waals surface area contributed by atoms with Crippen LogP contribution in [0.15, 0.2) is 11.2 Å². The Morgan fingerprint density at radius 3 is 2.50 bits per heavy atom. The Morgan fingerprint density at radius 1 is 1.44 bits per heavy atom. The van der Waals surface area contributed by atoms with Gasteiger partial charge in [-0.25, -0.2) is 18.1 Å². The first-order chi connectivity index (χ1) is 8.16. The van der Waals surface area contributed by atoms with Crippen LogP contribution in [-0.2, 0) is 16.4 Å². The zero-order valence-electron chi connectivity index (χ0n) is 11.7. The monoisotopic (exact) mass is 273 g/mol. The summed E-state index contributed by atoms with van der Waals surface area (Å²) in [5, 5.41) is 0.139. The number of hydrogen-bond donors (Lipinski definition) is 2. The lowest BCUT2D eigenvalue weighted by Crippen LogP contribution is -2.33. The number of H-pyrrole nitrogens is 1. The Labute approximate surface area is 109 Å². The highest BCUT2D eigenvalue weighted by Crippen LogP contribution is 2.24. The van der Waals surface area contributed by atoms with E-state index in [1.54, 1.807) is 0 Å². The first-order valence-electron chi connectivity index (χ1n) is 6.20. The van der Waals surface area contributed by atoms with Crippen LogP contribution in [0.5, 0.6) is 0 Å². The van der Waals surface area contributed by atoms with Crippen molar-refractivity contribution in [3.8, 4) is 0 Å². The quantitative estimate of drug-likeness (QED) is 0.861. The molecule has 0 fully saturated rings. The second kappa shape index (κ2) is 5.40. The van der Waals surface area contributed by atoms with Crippen molar-refractivity contribution in [3.05, 3.63) is 12.0 Å². The van der Waals surface area contributed by atoms with Gasteiger partial charge in [-0.3, -0.25) is 0 Å². The van der Waals surface area contributed by atoms with E-state index >= 15 is 0 Å². The summed E-state index contributed by atoms with van der Waals surface area (Å²) in [6, 6.07) is 0. The van der Waals surface area contributed by atoms with Crippen LogP contribution in [0.25, 0.3) is 0 Å². The van der Waals surface area contributed by atoms with E-state index in [9.17, 15) is 8.42 Å². The lowest BCUT2D eigenvalue weighted by molar-refractivity contribution is 0.263. The van der Waals surface area contributed by atoms with E-state index in [0.29, 0.717) is 18.8 Å². The van der Waals surface area contributed by atoms with Crippen molar-refractivity contribution in [2.24, 2.45) is 11.3 Å². The minimum Gasteiger partial charge on any atom is -0.332 e. The molecule has 1 unspecified atom stereocenters. The SMILES string of the molecule is CCc1ncc(S(=O)(=O)NCC(C)C(C)(C)C)[nH]1. The molecule has 1 aromatic rings. The molecule has 0 bridgehead atoms. The first kappa shape index (κ1) is 15.2. The fourth-order valence-corrected chi connectivity index (χ4v) is 2.35. The maximum Gasteiger partial charge on any atom is 0.257 e. The molecule has 1 atom stereocenters. The maximum absolute atomic E-state index is 12.0. The Kier molecular flexibility index (Phi) is 4.55. The molecule has 0 aromatic carbocycles. The van der Waals surface area contributed by atoms with Gasteiger partial charge in [0.05, 0.1) is 6.20 Å². The van der Waals surface area contributed by atoms with Gasteiger partial charge >= 0.3 is 0 Å². The van der Waals surface area contributed by atoms with E-state index < -0.39 is 10.0 Å². The first-order valence-corrected chi connectivity index (χ1v) is 7.68. The maximum atomic E-state index is 12.0. The van der Waals surface area contributed by atoms with Crippen molar-refractivity contribution in [2.45, 2.75) is 46.1 Å². The summed E-state index contributed by atoms with van der Waals surface area (Å²) in [6.07, 6.45) is 2.05. The Morgan fingerprint density at radius 2 is 2.06 bits per heavy atom. The van der Waals surface area contributed by atoms with Gasteiger partial charge < -0.3 is 4.98 Å². The summed E-state index contributed by atoms with van der Waals surface area (Å²) < 4.78 is 26.6. The number of aromatic amines is 1. The summed E-state index contributed by atoms with van der Waals surface area (Å²) in [5.74, 6) is 0.931. The number of aryl methyl sites for hydroxylation is 1. The number of aromatic nitrogens is 2. The molecule has 6 heteroatoms. The lowest BCUT2D eigenvalue weighted by atomic mass is 9.82. The van der Waals surface area contributed by atoms with Crippen molar-refractivity contribution in [1.29, 1.82) is 0 Å². The van der Waals surface area contributed by atoms with Crippen LogP contribution < -0.4 is 4.72 Å². The zero-order chi connectivity index (χ0) is 14.0. The molecule has 104 valence electrons. The number of nitrogens with one attached hydrogen (secondary N) is 2. The third-order valence-corrected chi connectivity index (χ3v) is 4.62. The number of rotatable bonds is 5. The van der Waals surface area contributed by atoms with E-state index in [1.807, 2.05) is 13.8 Å². The summed E-state index contributed by atoms with van der Waals surface area (Å²) in [6.45, 7) is 10.7. The summed E-state index contributed by atoms with van der Waals surface area (Å²) >= 11 is 0. The van der Waals surface area contributed by atoms with Crippen molar-refractivity contribution in [1.82, 2.24) is 14.7 Å². The number of sulfonamides is 1. The molecule has 0 aliphatic heterocycles. The predicted molar refractivity (Wildman–Crippen MR) is 71.8 cm³/mol. The van der Waals surface area contributed by atoms with Crippen LogP contribution >= 0.6 is 0 Å². The van der Waals surface area contributed by atoms with Crippen molar-refractivity contribution in [2.75, 3.05) is 6.54 Å². The second-order valence-corrected chi connectivity index (χ2v) is 7.40. The van der Waals surface area contributed by atoms with Crippen molar-refractivity contribution >= 4 is 10.0 Å². The van der Waals surface area contributed by atoms with Crippen LogP contribution in [0.3, 0.4) is 0 Å². The van der Waals surface area contributed by atoms with Crippen molar-refractivity contribution < 1.29 is 8.42 Å². The lowest BCUT2D eigenvalue weighted by Gasteiger charge is -2.27. The van der Waals surface area contributed by atoms with E-state index in [2.05, 4.69) is 35.5 Å². The molecule has 0 radical (unpaired) electrons. The molecule has 1 rings (SSSR count). The van der Waals surface area contributed by atoms with Gasteiger partial charge in [-0.2, -0.15) is 0 Å². The molecule has 18 heavy (non-hydrogen) atoms. The van der Waals surface area contributed by atoms with Gasteiger partial charge in [-0.05, 0) is 11.3 Å². The highest BCUT2D eigenvalue weighted by atomic mass is 32.2. The van der Waals surface area contributed by atoms with Crippen LogP contribution in [0.1, 0.15) is 40.4 Å². The molecule has 2 N–H and O–H groups in total. The molecule has 0 saturated carbocycles. The molecule has 0 saturated heterocycles. The number of hydrogen-bond acceptors (Lipinski definition) is 3. The predicted octanol–water partition coefficient (Wildman–Crippen LogP) is 1.93. The largest absolute Gasteiger partial charge is 0.332 e. The van der Waals surface area contributed by atoms with E-state index in [1.165, 1.54) is 6.20 Å². The number of imidazole rings is 1. The molecular weight excluding hydrogens is 250 g/mol. The smallest absolute Gasteiger partial charge is 0.257 e. The number of nitrogens with zero attached hydrogens (tertiary/aromatic N) is 1. The van der Waals surface area contributed by atoms with Gasteiger partial charge in [0.15, 0.2) is 5.03 Å². The van der Waals surface area contributed by atoms with Gasteiger partial charge in [-0.15, -0.1) is 0 Å². The van der Waals surface area contributed by atoms with Crippen LogP contribution in [0.4, 0.5) is 0 Å². The van der Waals surface area contributed by atoms with Gasteiger partial charge in [0, 0.05) is 13.0 Å². The third kappa shape index (κ3) is 3.81. The van der Waals surface area contributed by atoms with Gasteiger partial charge in [-0.1, -0.05) is 34.6 Å². The Bertz CT molecular complexity index is 486. The minimum atomic E-state index is -3.47. The molecule has 5 nitrogen and oxygen atoms in total. The Hall–Kier alpha value is -0.880. The van der Waals surface area contributed by atoms with Gasteiger partial charge in [0.25, 0.3) is 10.0 Å². The van der Waals surface area contributed by atoms with E-state index in [0.717, 1.165) is 0 Å². The average molecular weight is 273 g/mol. The highest BCUT2D eigenvalue weighted by molar-refractivity contribution is 7.89. The van der Waals surface area contributed by atoms with E-state index in [-0.39, 0.29) is 16.4 Å².